The Morgan fingerprint density at radius 1 is 0.585 bits per heavy atom. The van der Waals surface area contributed by atoms with Crippen LogP contribution in [-0.2, 0) is 85.3 Å². The summed E-state index contributed by atoms with van der Waals surface area (Å²) in [5.74, 6) is -5.46. The number of allylic oxidation sites excluding steroid dienone is 1. The van der Waals surface area contributed by atoms with Gasteiger partial charge in [0, 0.05) is 30.6 Å². The van der Waals surface area contributed by atoms with Crippen molar-refractivity contribution in [2.45, 2.75) is 299 Å². The molecule has 1 spiro atoms. The fourth-order valence-electron chi connectivity index (χ4n) is 19.3. The van der Waals surface area contributed by atoms with Gasteiger partial charge in [-0.05, 0) is 74.7 Å². The summed E-state index contributed by atoms with van der Waals surface area (Å²) in [6, 6.07) is 0. The summed E-state index contributed by atoms with van der Waals surface area (Å²) in [5, 5.41) is 222. The minimum atomic E-state index is -2.20. The molecule has 0 aromatic rings. The first-order valence-electron chi connectivity index (χ1n) is 36.5. The van der Waals surface area contributed by atoms with Crippen molar-refractivity contribution in [3.05, 3.63) is 23.8 Å². The van der Waals surface area contributed by atoms with Crippen molar-refractivity contribution in [2.24, 2.45) is 40.4 Å². The molecule has 606 valence electrons. The van der Waals surface area contributed by atoms with Crippen molar-refractivity contribution in [3.8, 4) is 0 Å². The molecule has 0 radical (unpaired) electrons. The molecular formula is C68H106O38. The Labute approximate surface area is 608 Å². The van der Waals surface area contributed by atoms with Crippen molar-refractivity contribution in [1.29, 1.82) is 0 Å². The summed E-state index contributed by atoms with van der Waals surface area (Å²) in [6.07, 6.45) is -53.7. The molecule has 106 heavy (non-hydrogen) atoms. The summed E-state index contributed by atoms with van der Waals surface area (Å²) in [5.41, 5.74) is -2.98. The van der Waals surface area contributed by atoms with Crippen LogP contribution >= 0.6 is 0 Å². The van der Waals surface area contributed by atoms with E-state index >= 15 is 0 Å². The molecule has 38 heteroatoms. The maximum absolute atomic E-state index is 13.0. The minimum absolute atomic E-state index is 0.0216. The highest BCUT2D eigenvalue weighted by atomic mass is 16.8. The number of carbonyl (C=O) groups excluding carboxylic acids is 1. The molecule has 13 aliphatic rings. The van der Waals surface area contributed by atoms with Gasteiger partial charge in [0.15, 0.2) is 50.1 Å². The van der Waals surface area contributed by atoms with Gasteiger partial charge in [0.25, 0.3) is 0 Å². The lowest BCUT2D eigenvalue weighted by molar-refractivity contribution is -0.387. The zero-order valence-electron chi connectivity index (χ0n) is 59.1. The van der Waals surface area contributed by atoms with Gasteiger partial charge >= 0.3 is 5.97 Å². The van der Waals surface area contributed by atoms with Crippen LogP contribution in [0.2, 0.25) is 0 Å². The standard InChI is InChI=1S/C68H106O38/c1-22-16-94-68(56(87)50(22)101-59-47(84)43(80)39(76)23(2)95-59)31(17-90-62-54(45(82)42(79)36(15-70)99-62)104-60-48(85)44(81)41(78)35(14-69)98-60)38-34(106-68)13-30-28-8-7-26-11-27(73)12-37(66(26,6)29(28)9-10-65(30,38)5)100-63-55(52(33(75)19-92-63)102-58-46(83)40(77)32(74)18-91-58)105-61-49(86)53(51(24(3)96-61)97-25(4)72)103-64-57(88)67(89,20-71)21-93-64/h7,23-24,27-64,69-71,73-89H,1,8-21H2,2-6H3/t23-,24+,27-,28-,29+,30+,31+,32-,33+,34+,35-,36-,37-,38+,39+,40+,41-,42+,43+,44+,45+,46-,47-,48-,49-,50+,51+,52+,53+,54-,55-,56+,57+,58+,59+,60+,61+,62-,63+,64+,65+,66+,67-,68+/m1/s1. The summed E-state index contributed by atoms with van der Waals surface area (Å²) in [7, 11) is 0. The maximum atomic E-state index is 13.0. The van der Waals surface area contributed by atoms with Gasteiger partial charge in [0.2, 0.25) is 5.79 Å². The third kappa shape index (κ3) is 14.3. The van der Waals surface area contributed by atoms with E-state index in [1.165, 1.54) is 13.8 Å². The van der Waals surface area contributed by atoms with E-state index in [0.717, 1.165) is 12.5 Å². The second kappa shape index (κ2) is 31.7. The number of esters is 1. The van der Waals surface area contributed by atoms with Gasteiger partial charge in [-0.2, -0.15) is 0 Å². The molecule has 0 bridgehead atoms. The Balaban J connectivity index is 0.812. The molecule has 38 nitrogen and oxygen atoms in total. The zero-order valence-corrected chi connectivity index (χ0v) is 59.1. The van der Waals surface area contributed by atoms with Crippen molar-refractivity contribution in [1.82, 2.24) is 0 Å². The van der Waals surface area contributed by atoms with E-state index in [9.17, 15) is 107 Å². The summed E-state index contributed by atoms with van der Waals surface area (Å²) in [6.45, 7) is 6.99. The number of aliphatic hydroxyl groups is 20. The lowest BCUT2D eigenvalue weighted by atomic mass is 9.46. The smallest absolute Gasteiger partial charge is 0.303 e. The first kappa shape index (κ1) is 81.5. The van der Waals surface area contributed by atoms with Crippen LogP contribution in [0.5, 0.6) is 0 Å². The Morgan fingerprint density at radius 2 is 1.19 bits per heavy atom. The monoisotopic (exact) mass is 1530 g/mol. The molecule has 0 aromatic heterocycles. The first-order chi connectivity index (χ1) is 50.1. The van der Waals surface area contributed by atoms with Crippen LogP contribution in [0.25, 0.3) is 0 Å². The molecule has 9 heterocycles. The molecule has 9 saturated heterocycles. The van der Waals surface area contributed by atoms with E-state index in [1.54, 1.807) is 0 Å². The molecule has 0 unspecified atom stereocenters. The van der Waals surface area contributed by atoms with Gasteiger partial charge in [-0.3, -0.25) is 4.79 Å². The number of ether oxygens (including phenoxy) is 17. The number of hydrogen-bond donors (Lipinski definition) is 20. The van der Waals surface area contributed by atoms with Crippen LogP contribution in [0.15, 0.2) is 23.8 Å². The quantitative estimate of drug-likeness (QED) is 0.0422. The number of fused-ring (bicyclic) bond motifs is 7. The summed E-state index contributed by atoms with van der Waals surface area (Å²) in [4.78, 5) is 12.6. The lowest BCUT2D eigenvalue weighted by Gasteiger charge is -2.61. The largest absolute Gasteiger partial charge is 0.457 e. The molecule has 20 N–H and O–H groups in total. The van der Waals surface area contributed by atoms with Gasteiger partial charge in [0.05, 0.1) is 83.4 Å². The number of hydrogen-bond acceptors (Lipinski definition) is 38. The fraction of sp³-hybridized carbons (Fsp3) is 0.926. The van der Waals surface area contributed by atoms with Gasteiger partial charge in [0.1, 0.15) is 140 Å². The SMILES string of the molecule is C=C1CO[C@@]2(O[C@H]3C[C@H]4[C@@H]5CC=C6C[C@@H](O)C[C@@H](O[C@@H]7OC[C@H](O)[C@H](O[C@@H]8OC[C@@H](O)[C@H](O)[C@H]8O)[C@H]7O[C@@H]7O[C@@H](C)[C@H](OC(C)=O)[C@@H](O[C@@H]8OC[C@](O)(CO)[C@H]8O)[C@H]7O)[C@]6(C)[C@H]5CC[C@]4(C)[C@H]3[C@@H]2CO[C@@H]2O[C@H](CO)[C@H](O)[C@H](O)[C@H]2O[C@@H]2O[C@H](CO)[C@@H](O)[C@H](O)[C@H]2O)[C@@H](O)[C@H]1O[C@@H]1O[C@H](C)[C@H](O)[C@H](O)[C@H]1O. The van der Waals surface area contributed by atoms with Crippen LogP contribution in [0.3, 0.4) is 0 Å². The van der Waals surface area contributed by atoms with E-state index in [2.05, 4.69) is 19.6 Å². The van der Waals surface area contributed by atoms with Gasteiger partial charge < -0.3 is 183 Å². The van der Waals surface area contributed by atoms with E-state index in [1.807, 2.05) is 6.92 Å². The maximum Gasteiger partial charge on any atom is 0.303 e. The van der Waals surface area contributed by atoms with Crippen molar-refractivity contribution in [3.63, 3.8) is 0 Å². The minimum Gasteiger partial charge on any atom is -0.457 e. The molecule has 9 aliphatic heterocycles. The van der Waals surface area contributed by atoms with Crippen LogP contribution in [-0.4, -0.2) is 387 Å². The highest BCUT2D eigenvalue weighted by Crippen LogP contribution is 2.71. The molecular weight excluding hydrogens is 1420 g/mol. The fourth-order valence-corrected chi connectivity index (χ4v) is 19.3. The van der Waals surface area contributed by atoms with E-state index in [4.69, 9.17) is 80.5 Å². The Kier molecular flexibility index (Phi) is 24.4. The molecule has 44 atom stereocenters. The Morgan fingerprint density at radius 3 is 1.87 bits per heavy atom. The topological polar surface area (TPSA) is 579 Å². The van der Waals surface area contributed by atoms with E-state index in [0.29, 0.717) is 25.7 Å². The normalized spacial score (nSPS) is 55.4. The van der Waals surface area contributed by atoms with Crippen molar-refractivity contribution >= 4 is 5.97 Å². The third-order valence-electron chi connectivity index (χ3n) is 25.3. The van der Waals surface area contributed by atoms with Crippen LogP contribution in [0.4, 0.5) is 0 Å². The number of aliphatic hydroxyl groups excluding tert-OH is 19. The molecule has 4 aliphatic carbocycles. The van der Waals surface area contributed by atoms with Crippen molar-refractivity contribution < 1.29 is 187 Å². The van der Waals surface area contributed by atoms with E-state index in [-0.39, 0.29) is 42.8 Å². The van der Waals surface area contributed by atoms with Crippen LogP contribution in [0, 0.1) is 40.4 Å². The predicted molar refractivity (Wildman–Crippen MR) is 340 cm³/mol. The number of rotatable bonds is 19. The highest BCUT2D eigenvalue weighted by molar-refractivity contribution is 5.66. The Bertz CT molecular complexity index is 3050. The van der Waals surface area contributed by atoms with Gasteiger partial charge in [-0.1, -0.05) is 32.1 Å². The highest BCUT2D eigenvalue weighted by Gasteiger charge is 2.74. The first-order valence-corrected chi connectivity index (χ1v) is 36.5. The molecule has 0 aromatic carbocycles. The second-order valence-corrected chi connectivity index (χ2v) is 31.6. The average Bonchev–Trinajstić information content (AvgIpc) is 1.50. The summed E-state index contributed by atoms with van der Waals surface area (Å²) >= 11 is 0. The summed E-state index contributed by atoms with van der Waals surface area (Å²) < 4.78 is 106. The van der Waals surface area contributed by atoms with Gasteiger partial charge in [-0.25, -0.2) is 0 Å². The van der Waals surface area contributed by atoms with Crippen molar-refractivity contribution in [2.75, 3.05) is 52.9 Å². The van der Waals surface area contributed by atoms with Crippen LogP contribution < -0.4 is 0 Å². The second-order valence-electron chi connectivity index (χ2n) is 31.6. The van der Waals surface area contributed by atoms with Crippen LogP contribution in [0.1, 0.15) is 73.1 Å². The molecule has 12 fully saturated rings. The average molecular weight is 1530 g/mol. The predicted octanol–water partition coefficient (Wildman–Crippen LogP) is -9.17. The van der Waals surface area contributed by atoms with E-state index < -0.39 is 301 Å². The number of carbonyl (C=O) groups is 1. The Hall–Kier alpha value is -2.49. The molecule has 0 amide bonds. The molecule has 13 rings (SSSR count). The zero-order chi connectivity index (χ0) is 76.5. The van der Waals surface area contributed by atoms with Gasteiger partial charge in [-0.15, -0.1) is 0 Å². The lowest BCUT2D eigenvalue weighted by Crippen LogP contribution is -2.66. The molecule has 3 saturated carbocycles. The third-order valence-corrected chi connectivity index (χ3v) is 25.3.